The van der Waals surface area contributed by atoms with Gasteiger partial charge in [-0.1, -0.05) is 32.8 Å². The fourth-order valence-corrected chi connectivity index (χ4v) is 5.37. The molecule has 0 atom stereocenters. The van der Waals surface area contributed by atoms with Crippen molar-refractivity contribution in [1.82, 2.24) is 4.98 Å². The summed E-state index contributed by atoms with van der Waals surface area (Å²) < 4.78 is 0. The van der Waals surface area contributed by atoms with Crippen LogP contribution in [0.4, 0.5) is 10.8 Å². The van der Waals surface area contributed by atoms with Crippen LogP contribution in [-0.4, -0.2) is 30.4 Å². The van der Waals surface area contributed by atoms with Crippen molar-refractivity contribution in [1.29, 1.82) is 0 Å². The third-order valence-corrected chi connectivity index (χ3v) is 7.26. The van der Waals surface area contributed by atoms with Crippen LogP contribution < -0.4 is 9.80 Å². The Bertz CT molecular complexity index is 930. The predicted molar refractivity (Wildman–Crippen MR) is 123 cm³/mol. The second-order valence-electron chi connectivity index (χ2n) is 8.91. The van der Waals surface area contributed by atoms with Crippen molar-refractivity contribution in [3.05, 3.63) is 29.1 Å². The molecule has 0 radical (unpaired) electrons. The first-order chi connectivity index (χ1) is 14.4. The molecule has 4 rings (SSSR count). The average molecular weight is 426 g/mol. The van der Waals surface area contributed by atoms with E-state index in [1.807, 2.05) is 37.2 Å². The number of aromatic nitrogens is 1. The first kappa shape index (κ1) is 21.0. The van der Waals surface area contributed by atoms with Crippen molar-refractivity contribution in [3.8, 4) is 11.3 Å². The number of nitrogens with zero attached hydrogens (tertiary/aromatic N) is 3. The van der Waals surface area contributed by atoms with Crippen LogP contribution in [0.25, 0.3) is 11.3 Å². The normalized spacial score (nSPS) is 16.7. The zero-order chi connectivity index (χ0) is 21.3. The van der Waals surface area contributed by atoms with Gasteiger partial charge in [-0.3, -0.25) is 14.5 Å². The van der Waals surface area contributed by atoms with Gasteiger partial charge in [-0.2, -0.15) is 0 Å². The quantitative estimate of drug-likeness (QED) is 0.654. The highest BCUT2D eigenvalue weighted by atomic mass is 32.1. The van der Waals surface area contributed by atoms with E-state index in [1.54, 1.807) is 4.90 Å². The van der Waals surface area contributed by atoms with E-state index in [2.05, 4.69) is 12.1 Å². The lowest BCUT2D eigenvalue weighted by Gasteiger charge is -2.31. The van der Waals surface area contributed by atoms with E-state index in [1.165, 1.54) is 42.6 Å². The minimum atomic E-state index is -0.00553. The number of anilines is 2. The SMILES string of the molecule is CC(C)C(=O)N1CCCc2cc(-c3csc(N(C)C(=O)CC4CCCC4)n3)ccc21. The molecule has 1 aromatic heterocycles. The molecule has 0 unspecified atom stereocenters. The molecule has 2 aromatic rings. The average Bonchev–Trinajstić information content (AvgIpc) is 3.44. The highest BCUT2D eigenvalue weighted by Gasteiger charge is 2.25. The summed E-state index contributed by atoms with van der Waals surface area (Å²) in [6.07, 6.45) is 7.44. The number of hydrogen-bond acceptors (Lipinski definition) is 4. The number of rotatable bonds is 5. The number of thiazole rings is 1. The molecular formula is C24H31N3O2S. The van der Waals surface area contributed by atoms with Crippen LogP contribution in [0.5, 0.6) is 0 Å². The predicted octanol–water partition coefficient (Wildman–Crippen LogP) is 5.29. The molecule has 1 aliphatic carbocycles. The van der Waals surface area contributed by atoms with Gasteiger partial charge in [0.15, 0.2) is 5.13 Å². The lowest BCUT2D eigenvalue weighted by atomic mass is 9.97. The smallest absolute Gasteiger partial charge is 0.229 e. The highest BCUT2D eigenvalue weighted by Crippen LogP contribution is 2.35. The van der Waals surface area contributed by atoms with Crippen LogP contribution in [0.15, 0.2) is 23.6 Å². The van der Waals surface area contributed by atoms with Crippen LogP contribution in [-0.2, 0) is 16.0 Å². The maximum absolute atomic E-state index is 12.6. The molecular weight excluding hydrogens is 394 g/mol. The Kier molecular flexibility index (Phi) is 6.23. The van der Waals surface area contributed by atoms with Gasteiger partial charge in [0.05, 0.1) is 5.69 Å². The van der Waals surface area contributed by atoms with Gasteiger partial charge in [0.2, 0.25) is 11.8 Å². The summed E-state index contributed by atoms with van der Waals surface area (Å²) in [6, 6.07) is 6.26. The largest absolute Gasteiger partial charge is 0.312 e. The number of carbonyl (C=O) groups excluding carboxylic acids is 2. The number of amides is 2. The number of fused-ring (bicyclic) bond motifs is 1. The maximum Gasteiger partial charge on any atom is 0.229 e. The van der Waals surface area contributed by atoms with Crippen LogP contribution in [0, 0.1) is 11.8 Å². The number of hydrogen-bond donors (Lipinski definition) is 0. The van der Waals surface area contributed by atoms with Crippen LogP contribution in [0.2, 0.25) is 0 Å². The molecule has 0 bridgehead atoms. The molecule has 2 amide bonds. The maximum atomic E-state index is 12.6. The third-order valence-electron chi connectivity index (χ3n) is 6.34. The van der Waals surface area contributed by atoms with Crippen LogP contribution in [0.1, 0.15) is 57.9 Å². The van der Waals surface area contributed by atoms with Crippen LogP contribution >= 0.6 is 11.3 Å². The first-order valence-electron chi connectivity index (χ1n) is 11.1. The minimum absolute atomic E-state index is 0.00553. The van der Waals surface area contributed by atoms with E-state index >= 15 is 0 Å². The van der Waals surface area contributed by atoms with Gasteiger partial charge in [-0.15, -0.1) is 11.3 Å². The van der Waals surface area contributed by atoms with Gasteiger partial charge in [-0.05, 0) is 49.3 Å². The molecule has 0 N–H and O–H groups in total. The Balaban J connectivity index is 1.51. The highest BCUT2D eigenvalue weighted by molar-refractivity contribution is 7.14. The fraction of sp³-hybridized carbons (Fsp3) is 0.542. The Morgan fingerprint density at radius 2 is 2.00 bits per heavy atom. The molecule has 1 aromatic carbocycles. The van der Waals surface area contributed by atoms with Gasteiger partial charge >= 0.3 is 0 Å². The number of aryl methyl sites for hydroxylation is 1. The summed E-state index contributed by atoms with van der Waals surface area (Å²) in [4.78, 5) is 33.6. The third kappa shape index (κ3) is 4.29. The molecule has 1 fully saturated rings. The monoisotopic (exact) mass is 425 g/mol. The fourth-order valence-electron chi connectivity index (χ4n) is 4.55. The van der Waals surface area contributed by atoms with E-state index in [4.69, 9.17) is 4.98 Å². The molecule has 5 nitrogen and oxygen atoms in total. The number of carbonyl (C=O) groups is 2. The summed E-state index contributed by atoms with van der Waals surface area (Å²) in [5.74, 6) is 0.878. The second-order valence-corrected chi connectivity index (χ2v) is 9.75. The molecule has 160 valence electrons. The van der Waals surface area contributed by atoms with Gasteiger partial charge in [0, 0.05) is 42.6 Å². The van der Waals surface area contributed by atoms with Gasteiger partial charge in [-0.25, -0.2) is 4.98 Å². The lowest BCUT2D eigenvalue weighted by Crippen LogP contribution is -2.38. The topological polar surface area (TPSA) is 53.5 Å². The Morgan fingerprint density at radius 1 is 1.23 bits per heavy atom. The van der Waals surface area contributed by atoms with E-state index in [0.29, 0.717) is 12.3 Å². The van der Waals surface area contributed by atoms with Gasteiger partial charge in [0.25, 0.3) is 0 Å². The Hall–Kier alpha value is -2.21. The molecule has 0 spiro atoms. The van der Waals surface area contributed by atoms with Crippen molar-refractivity contribution in [2.24, 2.45) is 11.8 Å². The molecule has 6 heteroatoms. The lowest BCUT2D eigenvalue weighted by molar-refractivity contribution is -0.121. The first-order valence-corrected chi connectivity index (χ1v) is 12.0. The molecule has 2 aliphatic rings. The standard InChI is InChI=1S/C24H31N3O2S/c1-16(2)23(29)27-12-6-9-19-14-18(10-11-21(19)27)20-15-30-24(25-20)26(3)22(28)13-17-7-4-5-8-17/h10-11,14-17H,4-9,12-13H2,1-3H3. The zero-order valence-electron chi connectivity index (χ0n) is 18.2. The van der Waals surface area contributed by atoms with E-state index < -0.39 is 0 Å². The molecule has 1 aliphatic heterocycles. The summed E-state index contributed by atoms with van der Waals surface area (Å²) >= 11 is 1.51. The van der Waals surface area contributed by atoms with E-state index in [-0.39, 0.29) is 17.7 Å². The summed E-state index contributed by atoms with van der Waals surface area (Å²) in [5, 5.41) is 2.78. The van der Waals surface area contributed by atoms with Crippen molar-refractivity contribution >= 4 is 34.0 Å². The van der Waals surface area contributed by atoms with E-state index in [0.717, 1.165) is 41.5 Å². The van der Waals surface area contributed by atoms with Crippen molar-refractivity contribution in [2.45, 2.75) is 58.8 Å². The van der Waals surface area contributed by atoms with Gasteiger partial charge in [0.1, 0.15) is 0 Å². The van der Waals surface area contributed by atoms with Crippen molar-refractivity contribution < 1.29 is 9.59 Å². The molecule has 0 saturated heterocycles. The Morgan fingerprint density at radius 3 is 2.73 bits per heavy atom. The zero-order valence-corrected chi connectivity index (χ0v) is 19.0. The van der Waals surface area contributed by atoms with Crippen LogP contribution in [0.3, 0.4) is 0 Å². The molecule has 2 heterocycles. The summed E-state index contributed by atoms with van der Waals surface area (Å²) in [5.41, 5.74) is 4.17. The second kappa shape index (κ2) is 8.88. The minimum Gasteiger partial charge on any atom is -0.312 e. The number of benzene rings is 1. The molecule has 1 saturated carbocycles. The Labute approximate surface area is 183 Å². The van der Waals surface area contributed by atoms with Gasteiger partial charge < -0.3 is 4.90 Å². The molecule has 30 heavy (non-hydrogen) atoms. The summed E-state index contributed by atoms with van der Waals surface area (Å²) in [7, 11) is 1.84. The van der Waals surface area contributed by atoms with Crippen molar-refractivity contribution in [2.75, 3.05) is 23.4 Å². The summed E-state index contributed by atoms with van der Waals surface area (Å²) in [6.45, 7) is 4.69. The van der Waals surface area contributed by atoms with E-state index in [9.17, 15) is 9.59 Å². The van der Waals surface area contributed by atoms with Crippen molar-refractivity contribution in [3.63, 3.8) is 0 Å².